The van der Waals surface area contributed by atoms with E-state index in [1.807, 2.05) is 6.92 Å². The van der Waals surface area contributed by atoms with Crippen LogP contribution in [0.1, 0.15) is 56.4 Å². The summed E-state index contributed by atoms with van der Waals surface area (Å²) >= 11 is 0. The minimum atomic E-state index is -1.88. The van der Waals surface area contributed by atoms with Crippen LogP contribution in [0.3, 0.4) is 0 Å². The summed E-state index contributed by atoms with van der Waals surface area (Å²) in [5, 5.41) is 21.3. The molecule has 0 unspecified atom stereocenters. The summed E-state index contributed by atoms with van der Waals surface area (Å²) in [5.41, 5.74) is 0.670. The first-order valence-electron chi connectivity index (χ1n) is 11.6. The Bertz CT molecular complexity index is 1490. The minimum absolute atomic E-state index is 0.0788. The molecule has 0 amide bonds. The first kappa shape index (κ1) is 23.0. The van der Waals surface area contributed by atoms with E-state index in [1.54, 1.807) is 35.8 Å². The van der Waals surface area contributed by atoms with Crippen LogP contribution in [0.25, 0.3) is 22.3 Å². The number of aliphatic hydroxyl groups is 1. The Morgan fingerprint density at radius 3 is 2.63 bits per heavy atom. The number of benzene rings is 1. The lowest BCUT2D eigenvalue weighted by Gasteiger charge is -2.31. The van der Waals surface area contributed by atoms with Crippen molar-refractivity contribution < 1.29 is 29.3 Å². The van der Waals surface area contributed by atoms with Crippen molar-refractivity contribution in [3.8, 4) is 17.1 Å². The van der Waals surface area contributed by atoms with Crippen LogP contribution in [0.5, 0.6) is 5.75 Å². The number of carboxylic acid groups (broad SMARTS) is 1. The zero-order valence-electron chi connectivity index (χ0n) is 20.0. The van der Waals surface area contributed by atoms with E-state index in [-0.39, 0.29) is 29.7 Å². The van der Waals surface area contributed by atoms with E-state index in [0.29, 0.717) is 35.6 Å². The number of nitrogens with zero attached hydrogens (tertiary/aromatic N) is 2. The molecule has 3 aromatic rings. The number of aryl methyl sites for hydroxylation is 1. The number of carbonyl (C=O) groups excluding carboxylic acids is 1. The van der Waals surface area contributed by atoms with Crippen molar-refractivity contribution in [1.82, 2.24) is 9.55 Å². The Balaban J connectivity index is 1.70. The summed E-state index contributed by atoms with van der Waals surface area (Å²) in [6.07, 6.45) is 0.728. The van der Waals surface area contributed by atoms with Crippen molar-refractivity contribution in [1.29, 1.82) is 0 Å². The van der Waals surface area contributed by atoms with E-state index in [4.69, 9.17) is 14.5 Å². The van der Waals surface area contributed by atoms with Crippen LogP contribution in [-0.4, -0.2) is 37.3 Å². The van der Waals surface area contributed by atoms with Gasteiger partial charge >= 0.3 is 11.9 Å². The lowest BCUT2D eigenvalue weighted by atomic mass is 9.86. The number of esters is 1. The van der Waals surface area contributed by atoms with Gasteiger partial charge in [0.25, 0.3) is 5.56 Å². The summed E-state index contributed by atoms with van der Waals surface area (Å²) < 4.78 is 12.5. The van der Waals surface area contributed by atoms with Gasteiger partial charge in [0.05, 0.1) is 29.0 Å². The average Bonchev–Trinajstić information content (AvgIpc) is 3.18. The van der Waals surface area contributed by atoms with Gasteiger partial charge in [-0.3, -0.25) is 4.79 Å². The lowest BCUT2D eigenvalue weighted by Crippen LogP contribution is -2.44. The predicted molar refractivity (Wildman–Crippen MR) is 126 cm³/mol. The molecule has 0 spiro atoms. The molecule has 1 atom stereocenters. The molecule has 0 fully saturated rings. The van der Waals surface area contributed by atoms with Crippen molar-refractivity contribution in [3.63, 3.8) is 0 Å². The van der Waals surface area contributed by atoms with Gasteiger partial charge in [0.15, 0.2) is 11.2 Å². The minimum Gasteiger partial charge on any atom is -0.478 e. The molecule has 0 radical (unpaired) electrons. The number of cyclic esters (lactones) is 1. The summed E-state index contributed by atoms with van der Waals surface area (Å²) in [6.45, 7) is 6.76. The van der Waals surface area contributed by atoms with E-state index >= 15 is 0 Å². The van der Waals surface area contributed by atoms with Gasteiger partial charge in [0.1, 0.15) is 12.4 Å². The van der Waals surface area contributed by atoms with E-state index in [9.17, 15) is 24.6 Å². The molecule has 2 aliphatic heterocycles. The molecule has 0 saturated carbocycles. The van der Waals surface area contributed by atoms with E-state index in [2.05, 4.69) is 0 Å². The van der Waals surface area contributed by atoms with Gasteiger partial charge in [-0.15, -0.1) is 0 Å². The fourth-order valence-electron chi connectivity index (χ4n) is 4.95. The number of ether oxygens (including phenoxy) is 2. The summed E-state index contributed by atoms with van der Waals surface area (Å²) in [7, 11) is 0. The average molecular weight is 479 g/mol. The fourth-order valence-corrected chi connectivity index (χ4v) is 4.95. The maximum Gasteiger partial charge on any atom is 0.347 e. The molecule has 0 aliphatic carbocycles. The second kappa shape index (κ2) is 7.64. The highest BCUT2D eigenvalue weighted by Gasteiger charge is 2.45. The first-order chi connectivity index (χ1) is 16.5. The van der Waals surface area contributed by atoms with Crippen molar-refractivity contribution in [2.24, 2.45) is 0 Å². The van der Waals surface area contributed by atoms with E-state index in [0.717, 1.165) is 16.5 Å². The molecule has 2 N–H and O–H groups in total. The van der Waals surface area contributed by atoms with Crippen LogP contribution in [-0.2, 0) is 39.5 Å². The van der Waals surface area contributed by atoms with Crippen molar-refractivity contribution in [2.75, 3.05) is 0 Å². The maximum atomic E-state index is 13.4. The molecule has 5 rings (SSSR count). The number of hydrogen-bond donors (Lipinski definition) is 2. The zero-order valence-corrected chi connectivity index (χ0v) is 20.0. The molecule has 4 heterocycles. The summed E-state index contributed by atoms with van der Waals surface area (Å²) in [6, 6.07) is 6.91. The summed E-state index contributed by atoms with van der Waals surface area (Å²) in [5.74, 6) is -1.42. The Morgan fingerprint density at radius 1 is 1.23 bits per heavy atom. The quantitative estimate of drug-likeness (QED) is 0.419. The lowest BCUT2D eigenvalue weighted by molar-refractivity contribution is -0.172. The predicted octanol–water partition coefficient (Wildman–Crippen LogP) is 2.88. The number of pyridine rings is 2. The number of hydrogen-bond acceptors (Lipinski definition) is 7. The second-order valence-corrected chi connectivity index (χ2v) is 9.47. The SMILES string of the molecule is CCc1c2c(nc3ccc(OC(C)(C)C(=O)O)cc13)-c1cc3c(c(=O)n1C2)COC(=O)[C@]3(O)CC. The third kappa shape index (κ3) is 3.25. The highest BCUT2D eigenvalue weighted by molar-refractivity contribution is 5.90. The van der Waals surface area contributed by atoms with Crippen LogP contribution in [0, 0.1) is 0 Å². The number of aliphatic carboxylic acids is 1. The van der Waals surface area contributed by atoms with Crippen molar-refractivity contribution >= 4 is 22.8 Å². The fraction of sp³-hybridized carbons (Fsp3) is 0.385. The number of fused-ring (bicyclic) bond motifs is 5. The van der Waals surface area contributed by atoms with Gasteiger partial charge in [-0.25, -0.2) is 14.6 Å². The van der Waals surface area contributed by atoms with Crippen LogP contribution < -0.4 is 10.3 Å². The molecule has 35 heavy (non-hydrogen) atoms. The van der Waals surface area contributed by atoms with Gasteiger partial charge in [-0.2, -0.15) is 0 Å². The number of carbonyl (C=O) groups is 2. The van der Waals surface area contributed by atoms with Crippen LogP contribution >= 0.6 is 0 Å². The van der Waals surface area contributed by atoms with Gasteiger partial charge in [0, 0.05) is 16.5 Å². The second-order valence-electron chi connectivity index (χ2n) is 9.47. The monoisotopic (exact) mass is 478 g/mol. The molecule has 9 heteroatoms. The Morgan fingerprint density at radius 2 is 1.97 bits per heavy atom. The Kier molecular flexibility index (Phi) is 5.03. The van der Waals surface area contributed by atoms with Crippen LogP contribution in [0.15, 0.2) is 29.1 Å². The largest absolute Gasteiger partial charge is 0.478 e. The summed E-state index contributed by atoms with van der Waals surface area (Å²) in [4.78, 5) is 42.1. The number of rotatable bonds is 5. The van der Waals surface area contributed by atoms with E-state index < -0.39 is 23.1 Å². The van der Waals surface area contributed by atoms with E-state index in [1.165, 1.54) is 13.8 Å². The molecule has 9 nitrogen and oxygen atoms in total. The standard InChI is InChI=1S/C26H26N2O7/c1-5-14-15-9-13(35-25(3,4)23(30)31)7-8-19(15)27-21-16(14)11-28-20(21)10-18-17(22(28)29)12-34-24(32)26(18,33)6-2/h7-10,33H,5-6,11-12H2,1-4H3,(H,30,31)/t26-/m0/s1. The van der Waals surface area contributed by atoms with Crippen LogP contribution in [0.2, 0.25) is 0 Å². The normalized spacial score (nSPS) is 18.6. The third-order valence-corrected chi connectivity index (χ3v) is 7.02. The first-order valence-corrected chi connectivity index (χ1v) is 11.6. The molecule has 0 saturated heterocycles. The molecule has 0 bridgehead atoms. The zero-order chi connectivity index (χ0) is 25.3. The number of carboxylic acids is 1. The van der Waals surface area contributed by atoms with Crippen LogP contribution in [0.4, 0.5) is 0 Å². The van der Waals surface area contributed by atoms with Gasteiger partial charge < -0.3 is 24.3 Å². The Hall–Kier alpha value is -3.72. The Labute approximate surface area is 200 Å². The molecule has 182 valence electrons. The smallest absolute Gasteiger partial charge is 0.347 e. The molecule has 2 aliphatic rings. The molecule has 1 aromatic carbocycles. The maximum absolute atomic E-state index is 13.4. The van der Waals surface area contributed by atoms with Gasteiger partial charge in [0.2, 0.25) is 0 Å². The highest BCUT2D eigenvalue weighted by Crippen LogP contribution is 2.40. The molecular formula is C26H26N2O7. The van der Waals surface area contributed by atoms with Crippen molar-refractivity contribution in [2.45, 2.75) is 64.9 Å². The third-order valence-electron chi connectivity index (χ3n) is 7.02. The number of aromatic nitrogens is 2. The molecular weight excluding hydrogens is 452 g/mol. The molecule has 2 aromatic heterocycles. The highest BCUT2D eigenvalue weighted by atomic mass is 16.6. The van der Waals surface area contributed by atoms with Gasteiger partial charge in [-0.05, 0) is 56.5 Å². The van der Waals surface area contributed by atoms with Crippen molar-refractivity contribution in [3.05, 3.63) is 56.9 Å². The topological polar surface area (TPSA) is 128 Å². The van der Waals surface area contributed by atoms with Gasteiger partial charge in [-0.1, -0.05) is 13.8 Å².